The van der Waals surface area contributed by atoms with Gasteiger partial charge in [-0.05, 0) is 26.7 Å². The van der Waals surface area contributed by atoms with Gasteiger partial charge in [0.2, 0.25) is 0 Å². The van der Waals surface area contributed by atoms with E-state index in [1.807, 2.05) is 13.8 Å². The van der Waals surface area contributed by atoms with Gasteiger partial charge in [-0.15, -0.1) is 0 Å². The number of nitrogens with zero attached hydrogens (tertiary/aromatic N) is 1. The normalized spacial score (nSPS) is 29.4. The van der Waals surface area contributed by atoms with Gasteiger partial charge >= 0.3 is 0 Å². The average molecular weight is 333 g/mol. The van der Waals surface area contributed by atoms with Crippen LogP contribution in [0, 0.1) is 0 Å². The van der Waals surface area contributed by atoms with Crippen molar-refractivity contribution in [3.05, 3.63) is 0 Å². The minimum Gasteiger partial charge on any atom is -0.373 e. The lowest BCUT2D eigenvalue weighted by atomic mass is 10.1. The van der Waals surface area contributed by atoms with Crippen molar-refractivity contribution in [3.63, 3.8) is 0 Å². The van der Waals surface area contributed by atoms with Crippen molar-refractivity contribution in [1.82, 2.24) is 14.3 Å². The van der Waals surface area contributed by atoms with Crippen molar-refractivity contribution >= 4 is 10.2 Å². The van der Waals surface area contributed by atoms with Crippen molar-refractivity contribution < 1.29 is 13.2 Å². The molecule has 0 aromatic rings. The average Bonchev–Trinajstić information content (AvgIpc) is 2.71. The van der Waals surface area contributed by atoms with Crippen LogP contribution in [0.25, 0.3) is 0 Å². The molecule has 130 valence electrons. The van der Waals surface area contributed by atoms with Crippen LogP contribution in [-0.2, 0) is 14.9 Å². The lowest BCUT2D eigenvalue weighted by Gasteiger charge is -2.34. The highest BCUT2D eigenvalue weighted by Gasteiger charge is 2.30. The summed E-state index contributed by atoms with van der Waals surface area (Å²) in [5, 5.41) is 3.48. The molecular formula is C15H31N3O3S. The Labute approximate surface area is 135 Å². The maximum Gasteiger partial charge on any atom is 0.279 e. The summed E-state index contributed by atoms with van der Waals surface area (Å²) < 4.78 is 34.4. The summed E-state index contributed by atoms with van der Waals surface area (Å²) >= 11 is 0. The molecule has 22 heavy (non-hydrogen) atoms. The quantitative estimate of drug-likeness (QED) is 0.567. The van der Waals surface area contributed by atoms with Gasteiger partial charge in [-0.1, -0.05) is 25.7 Å². The summed E-state index contributed by atoms with van der Waals surface area (Å²) in [6.45, 7) is 5.81. The SMILES string of the molecule is CC1CN(S(=O)(=O)NCCNC2CCCCCC2)CC(C)O1. The molecule has 0 spiro atoms. The van der Waals surface area contributed by atoms with E-state index in [1.165, 1.54) is 42.8 Å². The second-order valence-electron chi connectivity index (χ2n) is 6.62. The van der Waals surface area contributed by atoms with Crippen LogP contribution in [0.3, 0.4) is 0 Å². The molecular weight excluding hydrogens is 302 g/mol. The van der Waals surface area contributed by atoms with Crippen LogP contribution in [0.1, 0.15) is 52.4 Å². The third-order valence-corrected chi connectivity index (χ3v) is 5.97. The summed E-state index contributed by atoms with van der Waals surface area (Å²) in [6.07, 6.45) is 7.56. The van der Waals surface area contributed by atoms with Gasteiger partial charge in [0.1, 0.15) is 0 Å². The Morgan fingerprint density at radius 1 is 1.00 bits per heavy atom. The predicted octanol–water partition coefficient (Wildman–Crippen LogP) is 1.24. The summed E-state index contributed by atoms with van der Waals surface area (Å²) in [4.78, 5) is 0. The van der Waals surface area contributed by atoms with Crippen LogP contribution in [0.2, 0.25) is 0 Å². The first kappa shape index (κ1) is 18.1. The molecule has 2 N–H and O–H groups in total. The zero-order chi connectivity index (χ0) is 16.0. The maximum absolute atomic E-state index is 12.3. The molecule has 1 saturated carbocycles. The van der Waals surface area contributed by atoms with E-state index in [9.17, 15) is 8.42 Å². The highest BCUT2D eigenvalue weighted by Crippen LogP contribution is 2.17. The van der Waals surface area contributed by atoms with Gasteiger partial charge in [0.15, 0.2) is 0 Å². The Hall–Kier alpha value is -0.210. The number of nitrogens with one attached hydrogen (secondary N) is 2. The second-order valence-corrected chi connectivity index (χ2v) is 8.37. The van der Waals surface area contributed by atoms with E-state index >= 15 is 0 Å². The van der Waals surface area contributed by atoms with Gasteiger partial charge in [-0.3, -0.25) is 0 Å². The van der Waals surface area contributed by atoms with E-state index in [2.05, 4.69) is 10.0 Å². The molecule has 2 atom stereocenters. The lowest BCUT2D eigenvalue weighted by Crippen LogP contribution is -2.52. The molecule has 7 heteroatoms. The summed E-state index contributed by atoms with van der Waals surface area (Å²) in [7, 11) is -3.40. The molecule has 1 heterocycles. The third kappa shape index (κ3) is 5.77. The van der Waals surface area contributed by atoms with Crippen molar-refractivity contribution in [2.75, 3.05) is 26.2 Å². The van der Waals surface area contributed by atoms with Crippen LogP contribution in [0.5, 0.6) is 0 Å². The maximum atomic E-state index is 12.3. The van der Waals surface area contributed by atoms with Crippen molar-refractivity contribution in [1.29, 1.82) is 0 Å². The summed E-state index contributed by atoms with van der Waals surface area (Å²) in [5.41, 5.74) is 0. The molecule has 0 bridgehead atoms. The van der Waals surface area contributed by atoms with E-state index < -0.39 is 10.2 Å². The highest BCUT2D eigenvalue weighted by atomic mass is 32.2. The molecule has 0 aromatic heterocycles. The molecule has 0 amide bonds. The van der Waals surface area contributed by atoms with E-state index in [4.69, 9.17) is 4.74 Å². The molecule has 6 nitrogen and oxygen atoms in total. The van der Waals surface area contributed by atoms with Gasteiger partial charge in [-0.25, -0.2) is 4.72 Å². The molecule has 2 unspecified atom stereocenters. The molecule has 1 aliphatic heterocycles. The fraction of sp³-hybridized carbons (Fsp3) is 1.00. The standard InChI is InChI=1S/C15H31N3O3S/c1-13-11-18(12-14(2)21-13)22(19,20)17-10-9-16-15-7-5-3-4-6-8-15/h13-17H,3-12H2,1-2H3. The number of hydrogen-bond acceptors (Lipinski definition) is 4. The smallest absolute Gasteiger partial charge is 0.279 e. The number of hydrogen-bond donors (Lipinski definition) is 2. The number of rotatable bonds is 6. The molecule has 1 aliphatic carbocycles. The van der Waals surface area contributed by atoms with Gasteiger partial charge in [0.25, 0.3) is 10.2 Å². The number of morpholine rings is 1. The van der Waals surface area contributed by atoms with Gasteiger partial charge < -0.3 is 10.1 Å². The lowest BCUT2D eigenvalue weighted by molar-refractivity contribution is -0.0443. The second kappa shape index (κ2) is 8.59. The Morgan fingerprint density at radius 2 is 1.59 bits per heavy atom. The fourth-order valence-corrected chi connectivity index (χ4v) is 4.71. The van der Waals surface area contributed by atoms with Crippen LogP contribution in [0.4, 0.5) is 0 Å². The van der Waals surface area contributed by atoms with Crippen molar-refractivity contribution in [2.45, 2.75) is 70.6 Å². The Balaban J connectivity index is 1.70. The van der Waals surface area contributed by atoms with E-state index in [1.54, 1.807) is 0 Å². The van der Waals surface area contributed by atoms with Crippen LogP contribution >= 0.6 is 0 Å². The van der Waals surface area contributed by atoms with Crippen molar-refractivity contribution in [3.8, 4) is 0 Å². The summed E-state index contributed by atoms with van der Waals surface area (Å²) in [5.74, 6) is 0. The Morgan fingerprint density at radius 3 is 2.18 bits per heavy atom. The highest BCUT2D eigenvalue weighted by molar-refractivity contribution is 7.87. The molecule has 2 aliphatic rings. The van der Waals surface area contributed by atoms with Crippen LogP contribution in [0.15, 0.2) is 0 Å². The monoisotopic (exact) mass is 333 g/mol. The first-order valence-electron chi connectivity index (χ1n) is 8.61. The largest absolute Gasteiger partial charge is 0.373 e. The van der Waals surface area contributed by atoms with Gasteiger partial charge in [0, 0.05) is 32.2 Å². The van der Waals surface area contributed by atoms with E-state index in [-0.39, 0.29) is 12.2 Å². The minimum atomic E-state index is -3.40. The zero-order valence-corrected chi connectivity index (χ0v) is 14.7. The molecule has 0 radical (unpaired) electrons. The topological polar surface area (TPSA) is 70.7 Å². The Bertz CT molecular complexity index is 412. The van der Waals surface area contributed by atoms with Crippen LogP contribution in [-0.4, -0.2) is 57.2 Å². The zero-order valence-electron chi connectivity index (χ0n) is 13.9. The molecule has 2 fully saturated rings. The predicted molar refractivity (Wildman–Crippen MR) is 88.0 cm³/mol. The van der Waals surface area contributed by atoms with E-state index in [0.29, 0.717) is 32.2 Å². The fourth-order valence-electron chi connectivity index (χ4n) is 3.36. The first-order chi connectivity index (χ1) is 10.5. The third-order valence-electron chi connectivity index (χ3n) is 4.42. The Kier molecular flexibility index (Phi) is 7.08. The number of ether oxygens (including phenoxy) is 1. The molecule has 2 rings (SSSR count). The van der Waals surface area contributed by atoms with Gasteiger partial charge in [-0.2, -0.15) is 12.7 Å². The molecule has 0 aromatic carbocycles. The van der Waals surface area contributed by atoms with E-state index in [0.717, 1.165) is 0 Å². The minimum absolute atomic E-state index is 0.0514. The first-order valence-corrected chi connectivity index (χ1v) is 10.0. The van der Waals surface area contributed by atoms with Gasteiger partial charge in [0.05, 0.1) is 12.2 Å². The van der Waals surface area contributed by atoms with Crippen molar-refractivity contribution in [2.24, 2.45) is 0 Å². The summed E-state index contributed by atoms with van der Waals surface area (Å²) in [6, 6.07) is 0.551. The molecule has 1 saturated heterocycles. The van der Waals surface area contributed by atoms with Crippen LogP contribution < -0.4 is 10.0 Å².